The first-order valence-corrected chi connectivity index (χ1v) is 11.3. The van der Waals surface area contributed by atoms with Gasteiger partial charge in [-0.2, -0.15) is 0 Å². The van der Waals surface area contributed by atoms with Crippen LogP contribution in [0.15, 0.2) is 18.2 Å². The number of esters is 2. The molecular weight excluding hydrogens is 444 g/mol. The zero-order chi connectivity index (χ0) is 25.0. The number of amides is 2. The van der Waals surface area contributed by atoms with Gasteiger partial charge in [-0.05, 0) is 45.4 Å². The average molecular weight is 477 g/mol. The van der Waals surface area contributed by atoms with Crippen LogP contribution in [-0.4, -0.2) is 85.9 Å². The number of benzene rings is 1. The van der Waals surface area contributed by atoms with Crippen LogP contribution in [-0.2, 0) is 33.3 Å². The highest BCUT2D eigenvalue weighted by Gasteiger charge is 2.44. The lowest BCUT2D eigenvalue weighted by Gasteiger charge is -2.36. The Bertz CT molecular complexity index is 949. The highest BCUT2D eigenvalue weighted by Crippen LogP contribution is 2.28. The predicted octanol–water partition coefficient (Wildman–Crippen LogP) is 1.47. The third-order valence-electron chi connectivity index (χ3n) is 5.45. The molecule has 0 radical (unpaired) electrons. The molecule has 2 heterocycles. The maximum atomic E-state index is 13.4. The van der Waals surface area contributed by atoms with Crippen molar-refractivity contribution in [1.29, 1.82) is 0 Å². The molecule has 10 nitrogen and oxygen atoms in total. The van der Waals surface area contributed by atoms with E-state index in [4.69, 9.17) is 18.9 Å². The molecule has 1 aromatic rings. The van der Waals surface area contributed by atoms with Crippen LogP contribution in [0.1, 0.15) is 43.6 Å². The van der Waals surface area contributed by atoms with Gasteiger partial charge in [0.25, 0.3) is 11.8 Å². The third-order valence-corrected chi connectivity index (χ3v) is 5.45. The molecule has 0 aromatic heterocycles. The lowest BCUT2D eigenvalue weighted by Crippen LogP contribution is -2.56. The van der Waals surface area contributed by atoms with E-state index in [0.717, 1.165) is 6.92 Å². The van der Waals surface area contributed by atoms with E-state index in [1.165, 1.54) is 4.90 Å². The van der Waals surface area contributed by atoms with Crippen LogP contribution >= 0.6 is 0 Å². The SMILES string of the molecule is CC(=O)OC(C(=O)OC(C)(C)C)C1OCCN(c2cccc(C(=O)N3CCOCC3)c2C)C1=O. The molecule has 0 N–H and O–H groups in total. The van der Waals surface area contributed by atoms with Crippen molar-refractivity contribution in [2.75, 3.05) is 44.4 Å². The second-order valence-corrected chi connectivity index (χ2v) is 9.20. The number of ether oxygens (including phenoxy) is 4. The summed E-state index contributed by atoms with van der Waals surface area (Å²) < 4.78 is 21.4. The minimum atomic E-state index is -1.55. The van der Waals surface area contributed by atoms with E-state index in [0.29, 0.717) is 43.1 Å². The Kier molecular flexibility index (Phi) is 7.93. The second kappa shape index (κ2) is 10.5. The molecule has 3 rings (SSSR count). The summed E-state index contributed by atoms with van der Waals surface area (Å²) in [6.07, 6.45) is -2.92. The van der Waals surface area contributed by atoms with Gasteiger partial charge >= 0.3 is 11.9 Å². The Morgan fingerprint density at radius 2 is 1.76 bits per heavy atom. The number of carbonyl (C=O) groups is 4. The van der Waals surface area contributed by atoms with E-state index in [1.54, 1.807) is 50.8 Å². The molecule has 34 heavy (non-hydrogen) atoms. The summed E-state index contributed by atoms with van der Waals surface area (Å²) in [5.41, 5.74) is 0.800. The first-order chi connectivity index (χ1) is 16.0. The van der Waals surface area contributed by atoms with Crippen LogP contribution in [0.25, 0.3) is 0 Å². The fraction of sp³-hybridized carbons (Fsp3) is 0.583. The first-order valence-electron chi connectivity index (χ1n) is 11.3. The molecule has 2 saturated heterocycles. The molecular formula is C24H32N2O8. The van der Waals surface area contributed by atoms with Crippen LogP contribution in [0.2, 0.25) is 0 Å². The number of hydrogen-bond acceptors (Lipinski definition) is 8. The molecule has 1 aromatic carbocycles. The Labute approximate surface area is 199 Å². The number of carbonyl (C=O) groups excluding carboxylic acids is 4. The van der Waals surface area contributed by atoms with Gasteiger partial charge in [-0.25, -0.2) is 4.79 Å². The Morgan fingerprint density at radius 1 is 1.09 bits per heavy atom. The van der Waals surface area contributed by atoms with Gasteiger partial charge < -0.3 is 28.7 Å². The van der Waals surface area contributed by atoms with Crippen LogP contribution in [0.4, 0.5) is 5.69 Å². The van der Waals surface area contributed by atoms with Gasteiger partial charge in [0.15, 0.2) is 6.10 Å². The topological polar surface area (TPSA) is 112 Å². The van der Waals surface area contributed by atoms with Crippen LogP contribution < -0.4 is 4.90 Å². The number of rotatable bonds is 5. The van der Waals surface area contributed by atoms with Crippen molar-refractivity contribution in [2.24, 2.45) is 0 Å². The minimum absolute atomic E-state index is 0.109. The van der Waals surface area contributed by atoms with Gasteiger partial charge in [-0.1, -0.05) is 6.07 Å². The summed E-state index contributed by atoms with van der Waals surface area (Å²) in [5, 5.41) is 0. The molecule has 2 atom stereocenters. The lowest BCUT2D eigenvalue weighted by atomic mass is 10.0. The molecule has 0 bridgehead atoms. The fourth-order valence-corrected chi connectivity index (χ4v) is 3.92. The van der Waals surface area contributed by atoms with Crippen LogP contribution in [0.3, 0.4) is 0 Å². The minimum Gasteiger partial charge on any atom is -0.457 e. The Hall–Kier alpha value is -2.98. The summed E-state index contributed by atoms with van der Waals surface area (Å²) in [5.74, 6) is -2.29. The van der Waals surface area contributed by atoms with Gasteiger partial charge in [0.2, 0.25) is 6.10 Å². The molecule has 2 aliphatic rings. The molecule has 0 saturated carbocycles. The monoisotopic (exact) mass is 476 g/mol. The number of anilines is 1. The predicted molar refractivity (Wildman–Crippen MR) is 121 cm³/mol. The van der Waals surface area contributed by atoms with E-state index in [9.17, 15) is 19.2 Å². The van der Waals surface area contributed by atoms with E-state index in [2.05, 4.69) is 0 Å². The summed E-state index contributed by atoms with van der Waals surface area (Å²) >= 11 is 0. The molecule has 2 unspecified atom stereocenters. The number of hydrogen-bond donors (Lipinski definition) is 0. The molecule has 2 amide bonds. The molecule has 0 spiro atoms. The maximum absolute atomic E-state index is 13.4. The van der Waals surface area contributed by atoms with Crippen LogP contribution in [0, 0.1) is 6.92 Å². The smallest absolute Gasteiger partial charge is 0.351 e. The first kappa shape index (κ1) is 25.6. The Balaban J connectivity index is 1.88. The van der Waals surface area contributed by atoms with E-state index in [1.807, 2.05) is 0 Å². The average Bonchev–Trinajstić information content (AvgIpc) is 2.77. The lowest BCUT2D eigenvalue weighted by molar-refractivity contribution is -0.188. The van der Waals surface area contributed by atoms with Crippen LogP contribution in [0.5, 0.6) is 0 Å². The maximum Gasteiger partial charge on any atom is 0.351 e. The van der Waals surface area contributed by atoms with Crippen molar-refractivity contribution in [3.8, 4) is 0 Å². The number of nitrogens with zero attached hydrogens (tertiary/aromatic N) is 2. The molecule has 2 fully saturated rings. The van der Waals surface area contributed by atoms with Crippen molar-refractivity contribution >= 4 is 29.4 Å². The number of morpholine rings is 2. The normalized spacial score (nSPS) is 20.0. The molecule has 10 heteroatoms. The second-order valence-electron chi connectivity index (χ2n) is 9.20. The summed E-state index contributed by atoms with van der Waals surface area (Å²) in [7, 11) is 0. The molecule has 186 valence electrons. The highest BCUT2D eigenvalue weighted by molar-refractivity contribution is 6.03. The van der Waals surface area contributed by atoms with E-state index in [-0.39, 0.29) is 19.1 Å². The standard InChI is InChI=1S/C24H32N2O8/c1-15-17(21(28)25-9-12-31-13-10-25)7-6-8-18(15)26-11-14-32-19(22(26)29)20(33-16(2)27)23(30)34-24(3,4)5/h6-8,19-20H,9-14H2,1-5H3. The van der Waals surface area contributed by atoms with Gasteiger partial charge in [0.1, 0.15) is 5.60 Å². The molecule has 2 aliphatic heterocycles. The van der Waals surface area contributed by atoms with E-state index >= 15 is 0 Å². The largest absolute Gasteiger partial charge is 0.457 e. The van der Waals surface area contributed by atoms with Gasteiger partial charge in [-0.3, -0.25) is 14.4 Å². The van der Waals surface area contributed by atoms with Crippen molar-refractivity contribution in [3.63, 3.8) is 0 Å². The third kappa shape index (κ3) is 5.92. The van der Waals surface area contributed by atoms with E-state index < -0.39 is 35.7 Å². The van der Waals surface area contributed by atoms with Crippen molar-refractivity contribution < 1.29 is 38.1 Å². The zero-order valence-electron chi connectivity index (χ0n) is 20.3. The van der Waals surface area contributed by atoms with Crippen molar-refractivity contribution in [3.05, 3.63) is 29.3 Å². The summed E-state index contributed by atoms with van der Waals surface area (Å²) in [6.45, 7) is 10.2. The van der Waals surface area contributed by atoms with Crippen molar-refractivity contribution in [2.45, 2.75) is 52.4 Å². The quantitative estimate of drug-likeness (QED) is 0.588. The fourth-order valence-electron chi connectivity index (χ4n) is 3.92. The zero-order valence-corrected chi connectivity index (χ0v) is 20.3. The van der Waals surface area contributed by atoms with Gasteiger partial charge in [0, 0.05) is 37.8 Å². The summed E-state index contributed by atoms with van der Waals surface area (Å²) in [4.78, 5) is 54.1. The van der Waals surface area contributed by atoms with Crippen molar-refractivity contribution in [1.82, 2.24) is 4.90 Å². The summed E-state index contributed by atoms with van der Waals surface area (Å²) in [6, 6.07) is 5.17. The van der Waals surface area contributed by atoms with Gasteiger partial charge in [-0.15, -0.1) is 0 Å². The molecule has 0 aliphatic carbocycles. The Morgan fingerprint density at radius 3 is 2.38 bits per heavy atom. The highest BCUT2D eigenvalue weighted by atomic mass is 16.6. The van der Waals surface area contributed by atoms with Gasteiger partial charge in [0.05, 0.1) is 19.8 Å².